The fraction of sp³-hybridized carbons (Fsp3) is 0.588. The Bertz CT molecular complexity index is 703. The Morgan fingerprint density at radius 2 is 1.80 bits per heavy atom. The van der Waals surface area contributed by atoms with Crippen LogP contribution >= 0.6 is 36.2 Å². The van der Waals surface area contributed by atoms with E-state index in [1.54, 1.807) is 18.4 Å². The number of thiazole rings is 1. The van der Waals surface area contributed by atoms with E-state index in [1.807, 2.05) is 18.2 Å². The van der Waals surface area contributed by atoms with Crippen LogP contribution in [0.1, 0.15) is 40.5 Å². The molecule has 0 aliphatic carbocycles. The van der Waals surface area contributed by atoms with Crippen molar-refractivity contribution in [2.45, 2.75) is 57.7 Å². The van der Waals surface area contributed by atoms with Gasteiger partial charge in [0, 0.05) is 17.1 Å². The minimum atomic E-state index is -0.265. The van der Waals surface area contributed by atoms with Crippen molar-refractivity contribution in [2.24, 2.45) is 0 Å². The molecule has 0 atom stereocenters. The van der Waals surface area contributed by atoms with Gasteiger partial charge >= 0.3 is 0 Å². The molecule has 25 heavy (non-hydrogen) atoms. The number of halogens is 2. The van der Waals surface area contributed by atoms with E-state index in [2.05, 4.69) is 38.0 Å². The van der Waals surface area contributed by atoms with E-state index in [-0.39, 0.29) is 41.9 Å². The van der Waals surface area contributed by atoms with Crippen LogP contribution in [0.3, 0.4) is 0 Å². The molecule has 0 saturated carbocycles. The van der Waals surface area contributed by atoms with E-state index in [1.165, 1.54) is 5.06 Å². The standard InChI is InChI=1S/C17H25N3O2S.2ClH/c1-16(2)9-11(10-17(3,4)20(16)21)18-15-19-13-7-6-12(22-5)8-14(13)23-15;;/h6-8,11,21H,9-10H2,1-5H3,(H,18,19);2*1H. The molecule has 142 valence electrons. The Labute approximate surface area is 165 Å². The summed E-state index contributed by atoms with van der Waals surface area (Å²) in [6, 6.07) is 6.22. The van der Waals surface area contributed by atoms with E-state index in [0.717, 1.165) is 33.9 Å². The quantitative estimate of drug-likeness (QED) is 0.751. The van der Waals surface area contributed by atoms with Gasteiger partial charge in [0.2, 0.25) is 0 Å². The summed E-state index contributed by atoms with van der Waals surface area (Å²) >= 11 is 1.64. The fourth-order valence-corrected chi connectivity index (χ4v) is 4.61. The first-order valence-electron chi connectivity index (χ1n) is 7.92. The number of piperidine rings is 1. The molecule has 1 aliphatic rings. The molecule has 0 bridgehead atoms. The minimum Gasteiger partial charge on any atom is -0.497 e. The van der Waals surface area contributed by atoms with Crippen LogP contribution in [0.25, 0.3) is 10.2 Å². The molecule has 1 fully saturated rings. The number of hydroxylamine groups is 2. The summed E-state index contributed by atoms with van der Waals surface area (Å²) in [5.74, 6) is 0.851. The molecule has 0 unspecified atom stereocenters. The lowest BCUT2D eigenvalue weighted by Crippen LogP contribution is -2.61. The summed E-state index contributed by atoms with van der Waals surface area (Å²) in [5.41, 5.74) is 0.454. The van der Waals surface area contributed by atoms with E-state index < -0.39 is 0 Å². The molecule has 0 amide bonds. The van der Waals surface area contributed by atoms with Crippen molar-refractivity contribution in [3.05, 3.63) is 18.2 Å². The maximum absolute atomic E-state index is 10.4. The normalized spacial score (nSPS) is 19.8. The highest BCUT2D eigenvalue weighted by molar-refractivity contribution is 7.22. The minimum absolute atomic E-state index is 0. The van der Waals surface area contributed by atoms with Gasteiger partial charge in [0.1, 0.15) is 5.75 Å². The second-order valence-corrected chi connectivity index (χ2v) is 8.57. The van der Waals surface area contributed by atoms with Crippen molar-refractivity contribution in [3.8, 4) is 5.75 Å². The lowest BCUT2D eigenvalue weighted by molar-refractivity contribution is -0.243. The van der Waals surface area contributed by atoms with Gasteiger partial charge in [-0.15, -0.1) is 24.8 Å². The summed E-state index contributed by atoms with van der Waals surface area (Å²) < 4.78 is 6.39. The van der Waals surface area contributed by atoms with Gasteiger partial charge in [-0.05, 0) is 58.7 Å². The van der Waals surface area contributed by atoms with Crippen molar-refractivity contribution in [1.82, 2.24) is 10.0 Å². The van der Waals surface area contributed by atoms with E-state index >= 15 is 0 Å². The lowest BCUT2D eigenvalue weighted by atomic mass is 9.79. The number of nitrogens with zero attached hydrogens (tertiary/aromatic N) is 2. The highest BCUT2D eigenvalue weighted by Gasteiger charge is 2.45. The van der Waals surface area contributed by atoms with Crippen LogP contribution in [0.4, 0.5) is 5.13 Å². The number of benzene rings is 1. The molecule has 1 saturated heterocycles. The molecule has 2 aromatic rings. The molecular formula is C17H27Cl2N3O2S. The van der Waals surface area contributed by atoms with Crippen molar-refractivity contribution in [3.63, 3.8) is 0 Å². The molecule has 0 radical (unpaired) electrons. The monoisotopic (exact) mass is 407 g/mol. The first-order chi connectivity index (χ1) is 10.7. The first-order valence-corrected chi connectivity index (χ1v) is 8.73. The highest BCUT2D eigenvalue weighted by atomic mass is 35.5. The van der Waals surface area contributed by atoms with Gasteiger partial charge in [-0.3, -0.25) is 0 Å². The summed E-state index contributed by atoms with van der Waals surface area (Å²) in [4.78, 5) is 4.67. The maximum atomic E-state index is 10.4. The van der Waals surface area contributed by atoms with Gasteiger partial charge in [-0.2, -0.15) is 5.06 Å². The number of aromatic nitrogens is 1. The third-order valence-electron chi connectivity index (χ3n) is 4.56. The van der Waals surface area contributed by atoms with Gasteiger partial charge < -0.3 is 15.3 Å². The van der Waals surface area contributed by atoms with Crippen LogP contribution in [-0.2, 0) is 0 Å². The van der Waals surface area contributed by atoms with E-state index in [9.17, 15) is 5.21 Å². The van der Waals surface area contributed by atoms with Gasteiger partial charge in [0.25, 0.3) is 0 Å². The van der Waals surface area contributed by atoms with Crippen LogP contribution in [-0.4, -0.2) is 39.5 Å². The van der Waals surface area contributed by atoms with Gasteiger partial charge in [-0.1, -0.05) is 11.3 Å². The van der Waals surface area contributed by atoms with Crippen molar-refractivity contribution in [1.29, 1.82) is 0 Å². The molecule has 8 heteroatoms. The SMILES string of the molecule is COc1ccc2nc(NC3CC(C)(C)N(O)C(C)(C)C3)sc2c1.Cl.Cl. The third kappa shape index (κ3) is 4.49. The third-order valence-corrected chi connectivity index (χ3v) is 5.51. The van der Waals surface area contributed by atoms with Gasteiger partial charge in [0.05, 0.1) is 17.3 Å². The molecule has 2 heterocycles. The topological polar surface area (TPSA) is 57.6 Å². The second-order valence-electron chi connectivity index (χ2n) is 7.54. The Hall–Kier alpha value is -0.790. The van der Waals surface area contributed by atoms with Crippen molar-refractivity contribution in [2.75, 3.05) is 12.4 Å². The summed E-state index contributed by atoms with van der Waals surface area (Å²) in [7, 11) is 1.67. The van der Waals surface area contributed by atoms with Gasteiger partial charge in [0.15, 0.2) is 5.13 Å². The van der Waals surface area contributed by atoms with Crippen LogP contribution in [0, 0.1) is 0 Å². The van der Waals surface area contributed by atoms with E-state index in [4.69, 9.17) is 4.74 Å². The Kier molecular flexibility index (Phi) is 6.98. The molecule has 0 spiro atoms. The second kappa shape index (κ2) is 7.84. The number of hydrogen-bond acceptors (Lipinski definition) is 6. The predicted molar refractivity (Wildman–Crippen MR) is 109 cm³/mol. The Morgan fingerprint density at radius 3 is 2.36 bits per heavy atom. The summed E-state index contributed by atoms with van der Waals surface area (Å²) in [6.07, 6.45) is 1.73. The average molecular weight is 408 g/mol. The van der Waals surface area contributed by atoms with E-state index in [0.29, 0.717) is 0 Å². The van der Waals surface area contributed by atoms with Gasteiger partial charge in [-0.25, -0.2) is 4.98 Å². The van der Waals surface area contributed by atoms with Crippen LogP contribution in [0.5, 0.6) is 5.75 Å². The van der Waals surface area contributed by atoms with Crippen LogP contribution in [0.15, 0.2) is 18.2 Å². The number of ether oxygens (including phenoxy) is 1. The summed E-state index contributed by atoms with van der Waals surface area (Å²) in [5, 5.41) is 16.4. The Morgan fingerprint density at radius 1 is 1.20 bits per heavy atom. The smallest absolute Gasteiger partial charge is 0.184 e. The molecule has 5 nitrogen and oxygen atoms in total. The number of anilines is 1. The molecule has 3 rings (SSSR count). The van der Waals surface area contributed by atoms with Crippen LogP contribution < -0.4 is 10.1 Å². The zero-order valence-electron chi connectivity index (χ0n) is 15.2. The number of rotatable bonds is 3. The zero-order chi connectivity index (χ0) is 16.8. The predicted octanol–water partition coefficient (Wildman–Crippen LogP) is 4.97. The molecule has 1 aromatic carbocycles. The first kappa shape index (κ1) is 22.3. The highest BCUT2D eigenvalue weighted by Crippen LogP contribution is 2.39. The van der Waals surface area contributed by atoms with Crippen molar-refractivity contribution >= 4 is 51.5 Å². The zero-order valence-corrected chi connectivity index (χ0v) is 17.6. The number of methoxy groups -OCH3 is 1. The number of hydrogen-bond donors (Lipinski definition) is 2. The maximum Gasteiger partial charge on any atom is 0.184 e. The van der Waals surface area contributed by atoms with Crippen LogP contribution in [0.2, 0.25) is 0 Å². The molecule has 2 N–H and O–H groups in total. The summed E-state index contributed by atoms with van der Waals surface area (Å²) in [6.45, 7) is 8.30. The average Bonchev–Trinajstić information content (AvgIpc) is 2.85. The van der Waals surface area contributed by atoms with Crippen molar-refractivity contribution < 1.29 is 9.94 Å². The number of nitrogens with one attached hydrogen (secondary N) is 1. The molecule has 1 aromatic heterocycles. The lowest BCUT2D eigenvalue weighted by Gasteiger charge is -2.51. The molecule has 1 aliphatic heterocycles. The fourth-order valence-electron chi connectivity index (χ4n) is 3.64. The molecular weight excluding hydrogens is 381 g/mol. The largest absolute Gasteiger partial charge is 0.497 e. The Balaban J connectivity index is 0.00000156. The number of fused-ring (bicyclic) bond motifs is 1.